The van der Waals surface area contributed by atoms with Crippen LogP contribution in [0.5, 0.6) is 5.75 Å². The molecule has 2 rings (SSSR count). The lowest BCUT2D eigenvalue weighted by atomic mass is 10.0. The molecule has 0 radical (unpaired) electrons. The fourth-order valence-corrected chi connectivity index (χ4v) is 2.62. The fraction of sp³-hybridized carbons (Fsp3) is 0.300. The van der Waals surface area contributed by atoms with Gasteiger partial charge in [0.05, 0.1) is 6.61 Å². The van der Waals surface area contributed by atoms with Gasteiger partial charge in [0.1, 0.15) is 5.75 Å². The van der Waals surface area contributed by atoms with Gasteiger partial charge in [-0.1, -0.05) is 11.6 Å². The highest BCUT2D eigenvalue weighted by molar-refractivity contribution is 6.30. The number of amides is 1. The first-order valence-corrected chi connectivity index (χ1v) is 8.58. The van der Waals surface area contributed by atoms with Crippen LogP contribution in [0.4, 0.5) is 0 Å². The Kier molecular flexibility index (Phi) is 6.40. The second kappa shape index (κ2) is 8.34. The molecule has 6 heteroatoms. The lowest BCUT2D eigenvalue weighted by Gasteiger charge is -2.29. The molecule has 0 atom stereocenters. The summed E-state index contributed by atoms with van der Waals surface area (Å²) >= 11 is 5.84. The van der Waals surface area contributed by atoms with E-state index in [0.29, 0.717) is 21.9 Å². The third-order valence-corrected chi connectivity index (χ3v) is 4.15. The van der Waals surface area contributed by atoms with Gasteiger partial charge in [-0.05, 0) is 62.4 Å². The number of halogens is 1. The lowest BCUT2D eigenvalue weighted by Crippen LogP contribution is -2.48. The zero-order valence-electron chi connectivity index (χ0n) is 15.0. The van der Waals surface area contributed by atoms with Crippen molar-refractivity contribution in [1.82, 2.24) is 4.90 Å². The zero-order valence-corrected chi connectivity index (χ0v) is 15.8. The van der Waals surface area contributed by atoms with Gasteiger partial charge in [-0.25, -0.2) is 0 Å². The summed E-state index contributed by atoms with van der Waals surface area (Å²) in [5, 5.41) is 9.53. The molecule has 0 fully saturated rings. The van der Waals surface area contributed by atoms with Crippen LogP contribution in [0, 0.1) is 0 Å². The van der Waals surface area contributed by atoms with Crippen LogP contribution in [0.2, 0.25) is 5.02 Å². The molecule has 0 aliphatic heterocycles. The SMILES string of the molecule is CN(CCO)C(=O)C(C)(C)Oc1ccc(C(=O)c2ccc(Cl)cc2)cc1. The monoisotopic (exact) mass is 375 g/mol. The first kappa shape index (κ1) is 19.9. The van der Waals surface area contributed by atoms with Crippen molar-refractivity contribution in [3.63, 3.8) is 0 Å². The standard InChI is InChI=1S/C20H22ClNO4/c1-20(2,19(25)22(3)12-13-23)26-17-10-6-15(7-11-17)18(24)14-4-8-16(21)9-5-14/h4-11,23H,12-13H2,1-3H3. The van der Waals surface area contributed by atoms with Crippen LogP contribution < -0.4 is 4.74 Å². The first-order valence-electron chi connectivity index (χ1n) is 8.20. The molecule has 0 unspecified atom stereocenters. The van der Waals surface area contributed by atoms with E-state index < -0.39 is 5.60 Å². The maximum absolute atomic E-state index is 12.5. The van der Waals surface area contributed by atoms with E-state index in [1.807, 2.05) is 0 Å². The van der Waals surface area contributed by atoms with Crippen molar-refractivity contribution in [2.75, 3.05) is 20.2 Å². The van der Waals surface area contributed by atoms with E-state index >= 15 is 0 Å². The summed E-state index contributed by atoms with van der Waals surface area (Å²) < 4.78 is 5.79. The number of hydrogen-bond donors (Lipinski definition) is 1. The number of nitrogens with zero attached hydrogens (tertiary/aromatic N) is 1. The van der Waals surface area contributed by atoms with Crippen LogP contribution in [-0.4, -0.2) is 47.5 Å². The molecule has 0 saturated carbocycles. The van der Waals surface area contributed by atoms with Crippen molar-refractivity contribution in [2.24, 2.45) is 0 Å². The minimum Gasteiger partial charge on any atom is -0.478 e. The molecular weight excluding hydrogens is 354 g/mol. The second-order valence-corrected chi connectivity index (χ2v) is 6.86. The topological polar surface area (TPSA) is 66.8 Å². The number of aliphatic hydroxyl groups excluding tert-OH is 1. The molecule has 1 N–H and O–H groups in total. The number of likely N-dealkylation sites (N-methyl/N-ethyl adjacent to an activating group) is 1. The number of carbonyl (C=O) groups is 2. The Labute approximate surface area is 158 Å². The quantitative estimate of drug-likeness (QED) is 0.755. The number of rotatable bonds is 7. The van der Waals surface area contributed by atoms with Crippen molar-refractivity contribution < 1.29 is 19.4 Å². The van der Waals surface area contributed by atoms with Crippen LogP contribution in [0.3, 0.4) is 0 Å². The molecule has 0 aliphatic carbocycles. The first-order chi connectivity index (χ1) is 12.2. The van der Waals surface area contributed by atoms with Crippen LogP contribution in [0.15, 0.2) is 48.5 Å². The summed E-state index contributed by atoms with van der Waals surface area (Å²) in [7, 11) is 1.61. The summed E-state index contributed by atoms with van der Waals surface area (Å²) in [6.45, 7) is 3.45. The summed E-state index contributed by atoms with van der Waals surface area (Å²) in [5.74, 6) is 0.118. The predicted molar refractivity (Wildman–Crippen MR) is 101 cm³/mol. The summed E-state index contributed by atoms with van der Waals surface area (Å²) in [6, 6.07) is 13.3. The van der Waals surface area contributed by atoms with Crippen LogP contribution >= 0.6 is 11.6 Å². The molecule has 0 aromatic heterocycles. The number of benzene rings is 2. The third-order valence-electron chi connectivity index (χ3n) is 3.89. The minimum absolute atomic E-state index is 0.111. The highest BCUT2D eigenvalue weighted by atomic mass is 35.5. The van der Waals surface area contributed by atoms with Crippen molar-refractivity contribution in [3.05, 3.63) is 64.7 Å². The molecule has 26 heavy (non-hydrogen) atoms. The molecule has 5 nitrogen and oxygen atoms in total. The van der Waals surface area contributed by atoms with Gasteiger partial charge in [0.25, 0.3) is 5.91 Å². The van der Waals surface area contributed by atoms with Crippen LogP contribution in [0.25, 0.3) is 0 Å². The number of carbonyl (C=O) groups excluding carboxylic acids is 2. The summed E-state index contributed by atoms with van der Waals surface area (Å²) in [4.78, 5) is 26.2. The Morgan fingerprint density at radius 3 is 2.04 bits per heavy atom. The molecule has 0 bridgehead atoms. The largest absolute Gasteiger partial charge is 0.478 e. The molecule has 0 aliphatic rings. The van der Waals surface area contributed by atoms with Crippen LogP contribution in [-0.2, 0) is 4.79 Å². The minimum atomic E-state index is -1.09. The van der Waals surface area contributed by atoms with Gasteiger partial charge in [0, 0.05) is 29.7 Å². The maximum Gasteiger partial charge on any atom is 0.265 e. The Morgan fingerprint density at radius 1 is 1.04 bits per heavy atom. The van der Waals surface area contributed by atoms with Gasteiger partial charge >= 0.3 is 0 Å². The predicted octanol–water partition coefficient (Wildman–Crippen LogP) is 3.18. The molecule has 2 aromatic carbocycles. The van der Waals surface area contributed by atoms with Gasteiger partial charge in [0.2, 0.25) is 0 Å². The van der Waals surface area contributed by atoms with E-state index in [0.717, 1.165) is 0 Å². The third kappa shape index (κ3) is 4.84. The lowest BCUT2D eigenvalue weighted by molar-refractivity contribution is -0.144. The van der Waals surface area contributed by atoms with Gasteiger partial charge in [-0.15, -0.1) is 0 Å². The van der Waals surface area contributed by atoms with Gasteiger partial charge < -0.3 is 14.7 Å². The zero-order chi connectivity index (χ0) is 19.3. The van der Waals surface area contributed by atoms with Crippen LogP contribution in [0.1, 0.15) is 29.8 Å². The molecule has 0 spiro atoms. The molecule has 2 aromatic rings. The Morgan fingerprint density at radius 2 is 1.54 bits per heavy atom. The molecule has 1 amide bonds. The molecular formula is C20H22ClNO4. The number of ether oxygens (including phenoxy) is 1. The number of hydrogen-bond acceptors (Lipinski definition) is 4. The average Bonchev–Trinajstić information content (AvgIpc) is 2.61. The van der Waals surface area contributed by atoms with Gasteiger partial charge in [0.15, 0.2) is 11.4 Å². The van der Waals surface area contributed by atoms with Crippen molar-refractivity contribution in [3.8, 4) is 5.75 Å². The highest BCUT2D eigenvalue weighted by Gasteiger charge is 2.32. The summed E-state index contributed by atoms with van der Waals surface area (Å²) in [6.07, 6.45) is 0. The molecule has 0 heterocycles. The van der Waals surface area contributed by atoms with Gasteiger partial charge in [-0.2, -0.15) is 0 Å². The van der Waals surface area contributed by atoms with Crippen molar-refractivity contribution in [2.45, 2.75) is 19.4 Å². The maximum atomic E-state index is 12.5. The van der Waals surface area contributed by atoms with E-state index in [-0.39, 0.29) is 24.8 Å². The van der Waals surface area contributed by atoms with E-state index in [4.69, 9.17) is 21.4 Å². The molecule has 0 saturated heterocycles. The van der Waals surface area contributed by atoms with Crippen molar-refractivity contribution in [1.29, 1.82) is 0 Å². The van der Waals surface area contributed by atoms with E-state index in [2.05, 4.69) is 0 Å². The average molecular weight is 376 g/mol. The van der Waals surface area contributed by atoms with E-state index in [1.165, 1.54) is 4.90 Å². The molecule has 138 valence electrons. The fourth-order valence-electron chi connectivity index (χ4n) is 2.49. The Balaban J connectivity index is 2.10. The van der Waals surface area contributed by atoms with E-state index in [9.17, 15) is 9.59 Å². The Hall–Kier alpha value is -2.37. The van der Waals surface area contributed by atoms with Crippen molar-refractivity contribution >= 4 is 23.3 Å². The smallest absolute Gasteiger partial charge is 0.265 e. The normalized spacial score (nSPS) is 11.1. The van der Waals surface area contributed by atoms with Gasteiger partial charge in [-0.3, -0.25) is 9.59 Å². The second-order valence-electron chi connectivity index (χ2n) is 6.42. The summed E-state index contributed by atoms with van der Waals surface area (Å²) in [5.41, 5.74) is -0.0311. The van der Waals surface area contributed by atoms with E-state index in [1.54, 1.807) is 69.4 Å². The highest BCUT2D eigenvalue weighted by Crippen LogP contribution is 2.22. The number of ketones is 1. The Bertz CT molecular complexity index is 769. The number of aliphatic hydroxyl groups is 1.